The molecule has 0 aromatic rings. The minimum absolute atomic E-state index is 0.129. The van der Waals surface area contributed by atoms with Crippen LogP contribution in [0.4, 0.5) is 0 Å². The van der Waals surface area contributed by atoms with E-state index in [1.807, 2.05) is 25.7 Å². The highest BCUT2D eigenvalue weighted by molar-refractivity contribution is 5.74. The third-order valence-corrected chi connectivity index (χ3v) is 10.3. The largest absolute Gasteiger partial charge is 0.394 e. The molecule has 3 aliphatic rings. The fourth-order valence-electron chi connectivity index (χ4n) is 7.45. The lowest BCUT2D eigenvalue weighted by atomic mass is 9.85. The minimum Gasteiger partial charge on any atom is -0.394 e. The Balaban J connectivity index is 1.86. The van der Waals surface area contributed by atoms with Crippen molar-refractivity contribution in [1.29, 1.82) is 0 Å². The summed E-state index contributed by atoms with van der Waals surface area (Å²) in [5, 5.41) is 80.7. The summed E-state index contributed by atoms with van der Waals surface area (Å²) in [6.45, 7) is 8.41. The molecule has 0 saturated carbocycles. The van der Waals surface area contributed by atoms with Crippen molar-refractivity contribution in [2.24, 2.45) is 11.8 Å². The molecule has 0 bridgehead atoms. The Hall–Kier alpha value is -2.15. The van der Waals surface area contributed by atoms with Crippen molar-refractivity contribution < 1.29 is 78.6 Å². The number of carbonyl (C=O) groups excluding carboxylic acids is 3. The van der Waals surface area contributed by atoms with Gasteiger partial charge in [0.1, 0.15) is 42.8 Å². The average Bonchev–Trinajstić information content (AvgIpc) is 3.12. The van der Waals surface area contributed by atoms with Crippen LogP contribution in [0.1, 0.15) is 41.5 Å². The number of amides is 3. The summed E-state index contributed by atoms with van der Waals surface area (Å²) < 4.78 is 36.3. The van der Waals surface area contributed by atoms with Crippen LogP contribution in [0.3, 0.4) is 0 Å². The second-order valence-corrected chi connectivity index (χ2v) is 14.0. The molecule has 3 amide bonds. The molecule has 0 spiro atoms. The van der Waals surface area contributed by atoms with Gasteiger partial charge in [-0.25, -0.2) is 0 Å². The van der Waals surface area contributed by atoms with Crippen molar-refractivity contribution in [1.82, 2.24) is 20.9 Å². The molecule has 20 nitrogen and oxygen atoms in total. The molecular formula is C34H62N4O16. The number of aliphatic hydroxyl groups is 7. The van der Waals surface area contributed by atoms with E-state index in [9.17, 15) is 50.1 Å². The van der Waals surface area contributed by atoms with Gasteiger partial charge in [0, 0.05) is 32.6 Å². The molecule has 20 heteroatoms. The van der Waals surface area contributed by atoms with Crippen molar-refractivity contribution >= 4 is 17.7 Å². The molecule has 3 heterocycles. The summed E-state index contributed by atoms with van der Waals surface area (Å²) in [4.78, 5) is 38.3. The summed E-state index contributed by atoms with van der Waals surface area (Å²) in [7, 11) is 0. The second kappa shape index (κ2) is 22.0. The Morgan fingerprint density at radius 1 is 0.611 bits per heavy atom. The van der Waals surface area contributed by atoms with Crippen molar-refractivity contribution in [3.63, 3.8) is 0 Å². The number of hydrogen-bond acceptors (Lipinski definition) is 17. The predicted molar refractivity (Wildman–Crippen MR) is 186 cm³/mol. The monoisotopic (exact) mass is 782 g/mol. The molecule has 16 atom stereocenters. The Kier molecular flexibility index (Phi) is 18.8. The molecule has 0 aliphatic carbocycles. The van der Waals surface area contributed by atoms with E-state index in [0.29, 0.717) is 13.1 Å². The van der Waals surface area contributed by atoms with Crippen LogP contribution in [-0.2, 0) is 42.8 Å². The summed E-state index contributed by atoms with van der Waals surface area (Å²) >= 11 is 0. The van der Waals surface area contributed by atoms with E-state index in [0.717, 1.165) is 0 Å². The van der Waals surface area contributed by atoms with E-state index >= 15 is 0 Å². The molecule has 3 rings (SSSR count). The molecule has 3 aliphatic heterocycles. The van der Waals surface area contributed by atoms with Crippen molar-refractivity contribution in [3.05, 3.63) is 0 Å². The van der Waals surface area contributed by atoms with Gasteiger partial charge in [-0.15, -0.1) is 0 Å². The first-order valence-electron chi connectivity index (χ1n) is 18.5. The van der Waals surface area contributed by atoms with Crippen LogP contribution >= 0.6 is 0 Å². The van der Waals surface area contributed by atoms with E-state index in [4.69, 9.17) is 28.4 Å². The summed E-state index contributed by atoms with van der Waals surface area (Å²) in [6.07, 6.45) is -12.2. The van der Waals surface area contributed by atoms with Crippen molar-refractivity contribution in [2.75, 3.05) is 59.3 Å². The molecule has 0 aromatic carbocycles. The van der Waals surface area contributed by atoms with E-state index in [1.54, 1.807) is 0 Å². The lowest BCUT2D eigenvalue weighted by Crippen LogP contribution is -2.66. The number of nitrogens with one attached hydrogen (secondary N) is 3. The zero-order chi connectivity index (χ0) is 40.3. The molecule has 10 N–H and O–H groups in total. The van der Waals surface area contributed by atoms with Crippen LogP contribution in [0.25, 0.3) is 0 Å². The van der Waals surface area contributed by atoms with Crippen LogP contribution < -0.4 is 16.0 Å². The average molecular weight is 783 g/mol. The Labute approximate surface area is 315 Å². The SMILES string of the molecule is CCN(CC)C(C)O[C@@H]1C(NC(C)=O)[C@H](COC[C@@H]2C(CO)O[C@@H](O)C(NC(C)=O)[C@H]2O)OC(CO)[C@H]1COC[C@@H]1OC(CO)[C@@H](O)[C@H](O)C1NC(C)=O. The lowest BCUT2D eigenvalue weighted by Gasteiger charge is -2.48. The standard InChI is InChI=1S/C34H62N4O16/c1-7-38(8-2)19(6)51-33-21(13-50-14-25-27(35-16(3)42)32(47)31(46)24(11-41)53-25)23(10-40)52-26(28(33)36-17(4)43)15-49-12-20-22(9-39)54-34(48)29(30(20)45)37-18(5)44/h19-34,39-41,45-48H,7-15H2,1-6H3,(H,35,42)(H,36,43)(H,37,44)/t19?,20-,21-,22?,23?,24?,25+,26+,27?,28?,29?,30+,31-,32-,33+,34-/m1/s1. The highest BCUT2D eigenvalue weighted by atomic mass is 16.6. The molecule has 7 unspecified atom stereocenters. The Morgan fingerprint density at radius 3 is 1.59 bits per heavy atom. The normalized spacial score (nSPS) is 37.8. The van der Waals surface area contributed by atoms with Crippen molar-refractivity contribution in [3.8, 4) is 0 Å². The molecule has 3 saturated heterocycles. The molecule has 54 heavy (non-hydrogen) atoms. The first-order chi connectivity index (χ1) is 25.6. The molecule has 0 aromatic heterocycles. The second-order valence-electron chi connectivity index (χ2n) is 14.0. The zero-order valence-corrected chi connectivity index (χ0v) is 31.9. The van der Waals surface area contributed by atoms with Gasteiger partial charge < -0.3 is 80.1 Å². The summed E-state index contributed by atoms with van der Waals surface area (Å²) in [5.41, 5.74) is 0. The van der Waals surface area contributed by atoms with E-state index < -0.39 is 135 Å². The number of carbonyl (C=O) groups is 3. The highest BCUT2D eigenvalue weighted by Gasteiger charge is 2.50. The third-order valence-electron chi connectivity index (χ3n) is 10.3. The summed E-state index contributed by atoms with van der Waals surface area (Å²) in [6, 6.07) is -3.14. The molecular weight excluding hydrogens is 720 g/mol. The highest BCUT2D eigenvalue weighted by Crippen LogP contribution is 2.32. The fourth-order valence-corrected chi connectivity index (χ4v) is 7.45. The van der Waals surface area contributed by atoms with Gasteiger partial charge in [0.2, 0.25) is 17.7 Å². The maximum absolute atomic E-state index is 12.6. The first kappa shape index (κ1) is 46.2. The van der Waals surface area contributed by atoms with Crippen LogP contribution in [0.2, 0.25) is 0 Å². The smallest absolute Gasteiger partial charge is 0.217 e. The van der Waals surface area contributed by atoms with Gasteiger partial charge in [-0.2, -0.15) is 0 Å². The molecule has 0 radical (unpaired) electrons. The van der Waals surface area contributed by atoms with Crippen LogP contribution in [-0.4, -0.2) is 203 Å². The maximum Gasteiger partial charge on any atom is 0.217 e. The quantitative estimate of drug-likeness (QED) is 0.0550. The topological polar surface area (TPSA) is 288 Å². The lowest BCUT2D eigenvalue weighted by molar-refractivity contribution is -0.251. The fraction of sp³-hybridized carbons (Fsp3) is 0.912. The van der Waals surface area contributed by atoms with Gasteiger partial charge in [-0.3, -0.25) is 19.3 Å². The number of rotatable bonds is 19. The van der Waals surface area contributed by atoms with Gasteiger partial charge in [0.15, 0.2) is 6.29 Å². The zero-order valence-electron chi connectivity index (χ0n) is 31.9. The Bertz CT molecular complexity index is 1170. The van der Waals surface area contributed by atoms with Crippen LogP contribution in [0.15, 0.2) is 0 Å². The number of aliphatic hydroxyl groups excluding tert-OH is 7. The Morgan fingerprint density at radius 2 is 1.07 bits per heavy atom. The maximum atomic E-state index is 12.6. The van der Waals surface area contributed by atoms with Gasteiger partial charge in [0.05, 0.1) is 82.7 Å². The van der Waals surface area contributed by atoms with Gasteiger partial charge in [-0.05, 0) is 20.0 Å². The number of hydrogen-bond donors (Lipinski definition) is 10. The van der Waals surface area contributed by atoms with Gasteiger partial charge in [-0.1, -0.05) is 13.8 Å². The molecule has 314 valence electrons. The summed E-state index contributed by atoms with van der Waals surface area (Å²) in [5.74, 6) is -3.03. The first-order valence-corrected chi connectivity index (χ1v) is 18.5. The predicted octanol–water partition coefficient (Wildman–Crippen LogP) is -4.85. The van der Waals surface area contributed by atoms with Crippen LogP contribution in [0, 0.1) is 11.8 Å². The van der Waals surface area contributed by atoms with Crippen LogP contribution in [0.5, 0.6) is 0 Å². The van der Waals surface area contributed by atoms with Gasteiger partial charge in [0.25, 0.3) is 0 Å². The third kappa shape index (κ3) is 11.9. The number of nitrogens with zero attached hydrogens (tertiary/aromatic N) is 1. The van der Waals surface area contributed by atoms with E-state index in [2.05, 4.69) is 16.0 Å². The molecule has 3 fully saturated rings. The van der Waals surface area contributed by atoms with Crippen molar-refractivity contribution in [2.45, 2.75) is 127 Å². The number of ether oxygens (including phenoxy) is 6. The van der Waals surface area contributed by atoms with Gasteiger partial charge >= 0.3 is 0 Å². The minimum atomic E-state index is -1.58. The van der Waals surface area contributed by atoms with E-state index in [-0.39, 0.29) is 26.4 Å². The van der Waals surface area contributed by atoms with E-state index in [1.165, 1.54) is 20.8 Å².